The first-order valence-electron chi connectivity index (χ1n) is 10.5. The van der Waals surface area contributed by atoms with Crippen LogP contribution in [-0.4, -0.2) is 50.9 Å². The highest BCUT2D eigenvalue weighted by Gasteiger charge is 2.22. The van der Waals surface area contributed by atoms with Gasteiger partial charge in [-0.15, -0.1) is 0 Å². The molecule has 0 radical (unpaired) electrons. The zero-order valence-corrected chi connectivity index (χ0v) is 18.7. The van der Waals surface area contributed by atoms with Crippen molar-refractivity contribution >= 4 is 23.0 Å². The average Bonchev–Trinajstić information content (AvgIpc) is 3.05. The summed E-state index contributed by atoms with van der Waals surface area (Å²) in [6.07, 6.45) is 0. The standard InChI is InChI=1S/C24H29N5S/c1-18-9-7-8-12-23(18)25-24(30)28-15-13-27(14-16-28)17-22-19(2)26-29(20(22)3)21-10-5-4-6-11-21/h4-12H,13-17H2,1-3H3,(H,25,30). The second-order valence-corrected chi connectivity index (χ2v) is 8.29. The highest BCUT2D eigenvalue weighted by Crippen LogP contribution is 2.21. The Balaban J connectivity index is 1.37. The topological polar surface area (TPSA) is 36.3 Å². The summed E-state index contributed by atoms with van der Waals surface area (Å²) >= 11 is 5.67. The Morgan fingerprint density at radius 1 is 0.933 bits per heavy atom. The lowest BCUT2D eigenvalue weighted by Gasteiger charge is -2.36. The number of rotatable bonds is 4. The molecule has 6 heteroatoms. The zero-order chi connectivity index (χ0) is 21.1. The van der Waals surface area contributed by atoms with Gasteiger partial charge in [-0.3, -0.25) is 4.90 Å². The fraction of sp³-hybridized carbons (Fsp3) is 0.333. The Morgan fingerprint density at radius 3 is 2.30 bits per heavy atom. The number of nitrogens with one attached hydrogen (secondary N) is 1. The molecule has 4 rings (SSSR count). The van der Waals surface area contributed by atoms with Crippen LogP contribution in [0.1, 0.15) is 22.5 Å². The Hall–Kier alpha value is -2.70. The van der Waals surface area contributed by atoms with E-state index in [0.29, 0.717) is 0 Å². The number of aromatic nitrogens is 2. The molecule has 1 aliphatic heterocycles. The highest BCUT2D eigenvalue weighted by atomic mass is 32.1. The Morgan fingerprint density at radius 2 is 1.60 bits per heavy atom. The van der Waals surface area contributed by atoms with Gasteiger partial charge >= 0.3 is 0 Å². The van der Waals surface area contributed by atoms with Crippen molar-refractivity contribution in [2.45, 2.75) is 27.3 Å². The van der Waals surface area contributed by atoms with Crippen molar-refractivity contribution in [3.8, 4) is 5.69 Å². The summed E-state index contributed by atoms with van der Waals surface area (Å²) in [5, 5.41) is 9.02. The third-order valence-corrected chi connectivity index (χ3v) is 6.23. The van der Waals surface area contributed by atoms with Crippen molar-refractivity contribution in [2.75, 3.05) is 31.5 Å². The summed E-state index contributed by atoms with van der Waals surface area (Å²) in [6.45, 7) is 11.2. The summed E-state index contributed by atoms with van der Waals surface area (Å²) in [5.41, 5.74) is 7.06. The lowest BCUT2D eigenvalue weighted by Crippen LogP contribution is -2.49. The molecule has 0 spiro atoms. The van der Waals surface area contributed by atoms with Crippen molar-refractivity contribution in [2.24, 2.45) is 0 Å². The number of para-hydroxylation sites is 2. The molecule has 5 nitrogen and oxygen atoms in total. The van der Waals surface area contributed by atoms with Gasteiger partial charge in [-0.05, 0) is 56.8 Å². The molecule has 0 saturated carbocycles. The molecule has 0 amide bonds. The zero-order valence-electron chi connectivity index (χ0n) is 17.9. The van der Waals surface area contributed by atoms with Crippen molar-refractivity contribution in [3.05, 3.63) is 77.1 Å². The molecular formula is C24H29N5S. The molecule has 0 unspecified atom stereocenters. The number of hydrogen-bond acceptors (Lipinski definition) is 3. The third kappa shape index (κ3) is 4.40. The van der Waals surface area contributed by atoms with Crippen LogP contribution in [-0.2, 0) is 6.54 Å². The minimum absolute atomic E-state index is 0.813. The number of anilines is 1. The lowest BCUT2D eigenvalue weighted by molar-refractivity contribution is 0.176. The van der Waals surface area contributed by atoms with Crippen molar-refractivity contribution in [1.29, 1.82) is 0 Å². The highest BCUT2D eigenvalue weighted by molar-refractivity contribution is 7.80. The maximum absolute atomic E-state index is 5.67. The van der Waals surface area contributed by atoms with Crippen LogP contribution in [0.4, 0.5) is 5.69 Å². The molecule has 0 atom stereocenters. The van der Waals surface area contributed by atoms with Gasteiger partial charge in [0, 0.05) is 49.7 Å². The second-order valence-electron chi connectivity index (χ2n) is 7.90. The monoisotopic (exact) mass is 419 g/mol. The van der Waals surface area contributed by atoms with Gasteiger partial charge in [-0.2, -0.15) is 5.10 Å². The van der Waals surface area contributed by atoms with Crippen LogP contribution in [0.3, 0.4) is 0 Å². The molecule has 0 bridgehead atoms. The minimum atomic E-state index is 0.813. The van der Waals surface area contributed by atoms with Crippen molar-refractivity contribution in [3.63, 3.8) is 0 Å². The second kappa shape index (κ2) is 8.98. The van der Waals surface area contributed by atoms with E-state index in [9.17, 15) is 0 Å². The fourth-order valence-electron chi connectivity index (χ4n) is 3.96. The smallest absolute Gasteiger partial charge is 0.173 e. The molecule has 156 valence electrons. The Kier molecular flexibility index (Phi) is 6.16. The van der Waals surface area contributed by atoms with Crippen LogP contribution >= 0.6 is 12.2 Å². The van der Waals surface area contributed by atoms with Gasteiger partial charge in [-0.1, -0.05) is 36.4 Å². The van der Waals surface area contributed by atoms with Crippen LogP contribution in [0.25, 0.3) is 5.69 Å². The maximum Gasteiger partial charge on any atom is 0.173 e. The van der Waals surface area contributed by atoms with E-state index in [1.807, 2.05) is 18.2 Å². The van der Waals surface area contributed by atoms with Crippen LogP contribution in [0.15, 0.2) is 54.6 Å². The molecule has 1 aliphatic rings. The SMILES string of the molecule is Cc1ccccc1NC(=S)N1CCN(Cc2c(C)nn(-c3ccccc3)c2C)CC1. The number of aryl methyl sites for hydroxylation is 2. The quantitative estimate of drug-likeness (QED) is 0.638. The van der Waals surface area contributed by atoms with Crippen LogP contribution in [0.5, 0.6) is 0 Å². The average molecular weight is 420 g/mol. The number of hydrogen-bond donors (Lipinski definition) is 1. The molecule has 2 heterocycles. The molecule has 2 aromatic carbocycles. The number of thiocarbonyl (C=S) groups is 1. The van der Waals surface area contributed by atoms with Gasteiger partial charge in [0.05, 0.1) is 11.4 Å². The van der Waals surface area contributed by atoms with Crippen molar-refractivity contribution < 1.29 is 0 Å². The van der Waals surface area contributed by atoms with Gasteiger partial charge in [0.2, 0.25) is 0 Å². The maximum atomic E-state index is 5.67. The third-order valence-electron chi connectivity index (χ3n) is 5.87. The number of nitrogens with zero attached hydrogens (tertiary/aromatic N) is 4. The Bertz CT molecular complexity index is 1020. The molecule has 1 saturated heterocycles. The van der Waals surface area contributed by atoms with Crippen LogP contribution in [0.2, 0.25) is 0 Å². The largest absolute Gasteiger partial charge is 0.346 e. The predicted molar refractivity (Wildman–Crippen MR) is 127 cm³/mol. The fourth-order valence-corrected chi connectivity index (χ4v) is 4.26. The molecule has 3 aromatic rings. The first kappa shape index (κ1) is 20.6. The van der Waals surface area contributed by atoms with E-state index in [-0.39, 0.29) is 0 Å². The van der Waals surface area contributed by atoms with Crippen LogP contribution < -0.4 is 5.32 Å². The van der Waals surface area contributed by atoms with Gasteiger partial charge < -0.3 is 10.2 Å². The van der Waals surface area contributed by atoms with E-state index in [2.05, 4.69) is 77.0 Å². The molecule has 1 fully saturated rings. The van der Waals surface area contributed by atoms with E-state index in [0.717, 1.165) is 54.9 Å². The molecule has 0 aliphatic carbocycles. The first-order valence-corrected chi connectivity index (χ1v) is 10.9. The predicted octanol–water partition coefficient (Wildman–Crippen LogP) is 4.31. The van der Waals surface area contributed by atoms with E-state index in [1.54, 1.807) is 0 Å². The summed E-state index contributed by atoms with van der Waals surface area (Å²) in [7, 11) is 0. The van der Waals surface area contributed by atoms with E-state index >= 15 is 0 Å². The summed E-state index contributed by atoms with van der Waals surface area (Å²) < 4.78 is 2.06. The Labute approximate surface area is 184 Å². The van der Waals surface area contributed by atoms with E-state index < -0.39 is 0 Å². The summed E-state index contributed by atoms with van der Waals surface area (Å²) in [6, 6.07) is 18.6. The summed E-state index contributed by atoms with van der Waals surface area (Å²) in [5.74, 6) is 0. The first-order chi connectivity index (χ1) is 14.5. The van der Waals surface area contributed by atoms with Crippen LogP contribution in [0, 0.1) is 20.8 Å². The van der Waals surface area contributed by atoms with E-state index in [1.165, 1.54) is 16.8 Å². The number of benzene rings is 2. The van der Waals surface area contributed by atoms with Crippen molar-refractivity contribution in [1.82, 2.24) is 19.6 Å². The molecule has 1 N–H and O–H groups in total. The lowest BCUT2D eigenvalue weighted by atomic mass is 10.1. The van der Waals surface area contributed by atoms with Gasteiger partial charge in [0.15, 0.2) is 5.11 Å². The molecule has 30 heavy (non-hydrogen) atoms. The summed E-state index contributed by atoms with van der Waals surface area (Å²) in [4.78, 5) is 4.77. The van der Waals surface area contributed by atoms with Gasteiger partial charge in [-0.25, -0.2) is 4.68 Å². The van der Waals surface area contributed by atoms with Gasteiger partial charge in [0.1, 0.15) is 0 Å². The number of piperazine rings is 1. The van der Waals surface area contributed by atoms with E-state index in [4.69, 9.17) is 17.3 Å². The molecular weight excluding hydrogens is 390 g/mol. The normalized spacial score (nSPS) is 14.7. The minimum Gasteiger partial charge on any atom is -0.346 e. The van der Waals surface area contributed by atoms with Gasteiger partial charge in [0.25, 0.3) is 0 Å². The molecule has 1 aromatic heterocycles.